The van der Waals surface area contributed by atoms with Crippen LogP contribution in [0.15, 0.2) is 70.3 Å². The lowest BCUT2D eigenvalue weighted by Crippen LogP contribution is -2.67. The Morgan fingerprint density at radius 3 is 1.85 bits per heavy atom. The fraction of sp³-hybridized carbons (Fsp3) is 0.391. The molecular weight excluding hydrogens is 463 g/mol. The van der Waals surface area contributed by atoms with Gasteiger partial charge in [-0.05, 0) is 32.0 Å². The maximum atomic E-state index is 10.6. The quantitative estimate of drug-likeness (QED) is 0.439. The van der Waals surface area contributed by atoms with E-state index in [0.717, 1.165) is 5.57 Å². The summed E-state index contributed by atoms with van der Waals surface area (Å²) in [5.41, 5.74) is 0.981. The zero-order chi connectivity index (χ0) is 20.1. The Kier molecular flexibility index (Phi) is 7.86. The molecule has 0 saturated carbocycles. The lowest BCUT2D eigenvalue weighted by molar-refractivity contribution is 0.108. The van der Waals surface area contributed by atoms with E-state index in [2.05, 4.69) is 111 Å². The van der Waals surface area contributed by atoms with Crippen LogP contribution in [0.2, 0.25) is 5.04 Å². The highest BCUT2D eigenvalue weighted by atomic mass is 127. The molecule has 4 heteroatoms. The zero-order valence-corrected chi connectivity index (χ0v) is 20.1. The van der Waals surface area contributed by atoms with Gasteiger partial charge < -0.3 is 9.53 Å². The second kappa shape index (κ2) is 9.50. The molecule has 0 unspecified atom stereocenters. The van der Waals surface area contributed by atoms with Gasteiger partial charge in [0.25, 0.3) is 8.32 Å². The lowest BCUT2D eigenvalue weighted by Gasteiger charge is -2.43. The van der Waals surface area contributed by atoms with Gasteiger partial charge in [-0.1, -0.05) is 111 Å². The third-order valence-electron chi connectivity index (χ3n) is 5.16. The molecule has 0 heterocycles. The Hall–Kier alpha value is -0.953. The summed E-state index contributed by atoms with van der Waals surface area (Å²) in [6.45, 7) is 11.4. The van der Waals surface area contributed by atoms with Gasteiger partial charge in [-0.2, -0.15) is 0 Å². The second-order valence-corrected chi connectivity index (χ2v) is 13.2. The van der Waals surface area contributed by atoms with Crippen molar-refractivity contribution in [3.63, 3.8) is 0 Å². The average Bonchev–Trinajstić information content (AvgIpc) is 2.67. The molecule has 2 aromatic rings. The summed E-state index contributed by atoms with van der Waals surface area (Å²) in [7, 11) is -2.54. The maximum absolute atomic E-state index is 10.6. The smallest absolute Gasteiger partial charge is 0.261 e. The molecular formula is C23H31IO2Si. The number of hydrogen-bond donors (Lipinski definition) is 1. The van der Waals surface area contributed by atoms with Crippen molar-refractivity contribution in [3.05, 3.63) is 70.3 Å². The zero-order valence-electron chi connectivity index (χ0n) is 16.9. The Morgan fingerprint density at radius 1 is 1.04 bits per heavy atom. The van der Waals surface area contributed by atoms with E-state index in [1.165, 1.54) is 10.4 Å². The topological polar surface area (TPSA) is 29.5 Å². The molecule has 0 aliphatic carbocycles. The minimum absolute atomic E-state index is 0.0256. The summed E-state index contributed by atoms with van der Waals surface area (Å²) < 4.78 is 8.84. The van der Waals surface area contributed by atoms with Crippen LogP contribution in [-0.4, -0.2) is 26.1 Å². The predicted octanol–water partition coefficient (Wildman–Crippen LogP) is 4.90. The van der Waals surface area contributed by atoms with Crippen LogP contribution in [0.1, 0.15) is 34.6 Å². The van der Waals surface area contributed by atoms with Gasteiger partial charge in [-0.25, -0.2) is 0 Å². The lowest BCUT2D eigenvalue weighted by atomic mass is 10.0. The minimum Gasteiger partial charge on any atom is -0.407 e. The van der Waals surface area contributed by atoms with Crippen LogP contribution in [0.25, 0.3) is 0 Å². The first-order chi connectivity index (χ1) is 12.7. The summed E-state index contributed by atoms with van der Waals surface area (Å²) in [6.07, 6.45) is -0.486. The maximum Gasteiger partial charge on any atom is 0.261 e. The molecule has 0 aliphatic heterocycles. The molecule has 146 valence electrons. The highest BCUT2D eigenvalue weighted by molar-refractivity contribution is 14.1. The first-order valence-electron chi connectivity index (χ1n) is 9.44. The molecule has 0 spiro atoms. The second-order valence-electron chi connectivity index (χ2n) is 8.25. The van der Waals surface area contributed by atoms with Crippen LogP contribution in [-0.2, 0) is 4.43 Å². The Labute approximate surface area is 178 Å². The molecule has 0 amide bonds. The van der Waals surface area contributed by atoms with Gasteiger partial charge >= 0.3 is 0 Å². The van der Waals surface area contributed by atoms with E-state index in [1.807, 2.05) is 11.0 Å². The van der Waals surface area contributed by atoms with Gasteiger partial charge in [0.1, 0.15) is 0 Å². The summed E-state index contributed by atoms with van der Waals surface area (Å²) in [6, 6.07) is 21.3. The highest BCUT2D eigenvalue weighted by Gasteiger charge is 2.50. The highest BCUT2D eigenvalue weighted by Crippen LogP contribution is 2.37. The molecule has 2 aromatic carbocycles. The first-order valence-corrected chi connectivity index (χ1v) is 12.6. The van der Waals surface area contributed by atoms with Crippen molar-refractivity contribution in [3.8, 4) is 0 Å². The van der Waals surface area contributed by atoms with Crippen LogP contribution in [0, 0.1) is 5.92 Å². The van der Waals surface area contributed by atoms with Gasteiger partial charge in [0, 0.05) is 12.5 Å². The predicted molar refractivity (Wildman–Crippen MR) is 127 cm³/mol. The summed E-state index contributed by atoms with van der Waals surface area (Å²) in [5, 5.41) is 13.1. The number of hydrogen-bond acceptors (Lipinski definition) is 2. The van der Waals surface area contributed by atoms with Crippen molar-refractivity contribution in [2.24, 2.45) is 5.92 Å². The fourth-order valence-electron chi connectivity index (χ4n) is 3.62. The molecule has 0 fully saturated rings. The van der Waals surface area contributed by atoms with Crippen molar-refractivity contribution in [2.45, 2.75) is 45.8 Å². The Bertz CT molecular complexity index is 698. The van der Waals surface area contributed by atoms with Gasteiger partial charge in [-0.15, -0.1) is 0 Å². The number of benzene rings is 2. The van der Waals surface area contributed by atoms with Crippen LogP contribution < -0.4 is 10.4 Å². The summed E-state index contributed by atoms with van der Waals surface area (Å²) in [4.78, 5) is 0. The molecule has 2 rings (SSSR count). The number of rotatable bonds is 7. The van der Waals surface area contributed by atoms with Crippen LogP contribution >= 0.6 is 22.6 Å². The number of aliphatic hydroxyl groups is 1. The first kappa shape index (κ1) is 22.3. The molecule has 2 atom stereocenters. The van der Waals surface area contributed by atoms with Crippen molar-refractivity contribution in [2.75, 3.05) is 6.61 Å². The molecule has 0 aliphatic rings. The van der Waals surface area contributed by atoms with E-state index < -0.39 is 14.4 Å². The van der Waals surface area contributed by atoms with E-state index in [9.17, 15) is 5.11 Å². The largest absolute Gasteiger partial charge is 0.407 e. The molecule has 27 heavy (non-hydrogen) atoms. The number of aliphatic hydroxyl groups excluding tert-OH is 1. The average molecular weight is 494 g/mol. The van der Waals surface area contributed by atoms with E-state index in [-0.39, 0.29) is 11.0 Å². The van der Waals surface area contributed by atoms with Crippen molar-refractivity contribution in [1.82, 2.24) is 0 Å². The normalized spacial score (nSPS) is 15.4. The van der Waals surface area contributed by atoms with Crippen molar-refractivity contribution >= 4 is 41.3 Å². The molecule has 1 N–H and O–H groups in total. The summed E-state index contributed by atoms with van der Waals surface area (Å²) >= 11 is 2.18. The number of halogens is 1. The van der Waals surface area contributed by atoms with Crippen molar-refractivity contribution < 1.29 is 9.53 Å². The van der Waals surface area contributed by atoms with E-state index >= 15 is 0 Å². The molecule has 2 nitrogen and oxygen atoms in total. The Morgan fingerprint density at radius 2 is 1.48 bits per heavy atom. The minimum atomic E-state index is -2.54. The third kappa shape index (κ3) is 4.91. The van der Waals surface area contributed by atoms with Crippen LogP contribution in [0.3, 0.4) is 0 Å². The van der Waals surface area contributed by atoms with Gasteiger partial charge in [0.15, 0.2) is 0 Å². The van der Waals surface area contributed by atoms with E-state index in [4.69, 9.17) is 4.43 Å². The van der Waals surface area contributed by atoms with Crippen molar-refractivity contribution in [1.29, 1.82) is 0 Å². The standard InChI is InChI=1S/C23H31IO2Si/c1-18(16-24)22(25)19(2)17-26-27(23(3,4)5,20-12-8-6-9-13-20)21-14-10-7-11-15-21/h6-16,19,22,25H,17H2,1-5H3/b18-16+/t19-,22-/m0/s1. The monoisotopic (exact) mass is 494 g/mol. The van der Waals surface area contributed by atoms with Gasteiger partial charge in [-0.3, -0.25) is 0 Å². The SMILES string of the molecule is C/C(=C\I)[C@H](O)[C@@H](C)CO[Si](c1ccccc1)(c1ccccc1)C(C)(C)C. The molecule has 0 aromatic heterocycles. The van der Waals surface area contributed by atoms with Crippen LogP contribution in [0.4, 0.5) is 0 Å². The van der Waals surface area contributed by atoms with E-state index in [1.54, 1.807) is 0 Å². The van der Waals surface area contributed by atoms with E-state index in [0.29, 0.717) is 6.61 Å². The summed E-state index contributed by atoms with van der Waals surface area (Å²) in [5.74, 6) is 0.0256. The van der Waals surface area contributed by atoms with Gasteiger partial charge in [0.05, 0.1) is 6.10 Å². The van der Waals surface area contributed by atoms with Gasteiger partial charge in [0.2, 0.25) is 0 Å². The van der Waals surface area contributed by atoms with Crippen LogP contribution in [0.5, 0.6) is 0 Å². The molecule has 0 saturated heterocycles. The third-order valence-corrected chi connectivity index (χ3v) is 11.1. The fourth-order valence-corrected chi connectivity index (χ4v) is 8.66. The molecule has 0 bridgehead atoms. The Balaban J connectivity index is 2.50. The molecule has 0 radical (unpaired) electrons.